The van der Waals surface area contributed by atoms with E-state index in [1.165, 1.54) is 12.1 Å². The molecule has 1 aromatic heterocycles. The monoisotopic (exact) mass is 488 g/mol. The first kappa shape index (κ1) is 25.4. The Morgan fingerprint density at radius 3 is 2.44 bits per heavy atom. The molecule has 3 aromatic carbocycles. The van der Waals surface area contributed by atoms with Crippen LogP contribution >= 0.6 is 0 Å². The fourth-order valence-electron chi connectivity index (χ4n) is 4.47. The molecule has 36 heavy (non-hydrogen) atoms. The number of phenols is 1. The average molecular weight is 489 g/mol. The van der Waals surface area contributed by atoms with E-state index in [1.807, 2.05) is 55.5 Å². The molecule has 6 nitrogen and oxygen atoms in total. The molecule has 4 aromatic rings. The molecule has 0 aliphatic heterocycles. The third kappa shape index (κ3) is 5.56. The lowest BCUT2D eigenvalue weighted by molar-refractivity contribution is -0.121. The number of ketones is 1. The standard InChI is InChI=1S/C29H33FN4O2/c1-4-6-8-11-20(3)27(35)17-21-16-24(30)29(28(36)18-21)34-31-25-15-14-23(19-26(25)32-34)33(5-2)22-12-9-7-10-13-22/h7,9-10,12-16,18-20,36H,4-6,8,11,17H2,1-3H3. The van der Waals surface area contributed by atoms with Crippen molar-refractivity contribution in [2.45, 2.75) is 52.9 Å². The summed E-state index contributed by atoms with van der Waals surface area (Å²) in [6, 6.07) is 18.4. The quantitative estimate of drug-likeness (QED) is 0.236. The van der Waals surface area contributed by atoms with E-state index in [-0.39, 0.29) is 29.6 Å². The summed E-state index contributed by atoms with van der Waals surface area (Å²) >= 11 is 0. The van der Waals surface area contributed by atoms with Gasteiger partial charge in [0.2, 0.25) is 0 Å². The van der Waals surface area contributed by atoms with Crippen LogP contribution in [0.5, 0.6) is 5.75 Å². The van der Waals surface area contributed by atoms with Crippen LogP contribution in [0.15, 0.2) is 60.7 Å². The van der Waals surface area contributed by atoms with Crippen LogP contribution in [-0.4, -0.2) is 32.4 Å². The number of hydrogen-bond acceptors (Lipinski definition) is 5. The topological polar surface area (TPSA) is 71.2 Å². The summed E-state index contributed by atoms with van der Waals surface area (Å²) < 4.78 is 15.1. The summed E-state index contributed by atoms with van der Waals surface area (Å²) in [4.78, 5) is 15.8. The van der Waals surface area contributed by atoms with Crippen molar-refractivity contribution in [3.8, 4) is 11.4 Å². The van der Waals surface area contributed by atoms with Crippen LogP contribution in [0.3, 0.4) is 0 Å². The normalized spacial score (nSPS) is 12.1. The van der Waals surface area contributed by atoms with E-state index in [1.54, 1.807) is 0 Å². The van der Waals surface area contributed by atoms with Crippen LogP contribution in [0.4, 0.5) is 15.8 Å². The Kier molecular flexibility index (Phi) is 7.98. The number of aromatic nitrogens is 3. The molecule has 0 fully saturated rings. The molecule has 4 rings (SSSR count). The summed E-state index contributed by atoms with van der Waals surface area (Å²) in [6.07, 6.45) is 4.11. The molecule has 0 saturated carbocycles. The van der Waals surface area contributed by atoms with Crippen molar-refractivity contribution in [2.24, 2.45) is 5.92 Å². The Morgan fingerprint density at radius 1 is 1.00 bits per heavy atom. The van der Waals surface area contributed by atoms with Crippen LogP contribution in [0.2, 0.25) is 0 Å². The summed E-state index contributed by atoms with van der Waals surface area (Å²) in [7, 11) is 0. The third-order valence-corrected chi connectivity index (χ3v) is 6.53. The van der Waals surface area contributed by atoms with E-state index in [9.17, 15) is 9.90 Å². The molecular formula is C29H33FN4O2. The van der Waals surface area contributed by atoms with E-state index < -0.39 is 5.82 Å². The Balaban J connectivity index is 1.57. The SMILES string of the molecule is CCCCCC(C)C(=O)Cc1cc(O)c(-n2nc3ccc(N(CC)c4ccccc4)cc3n2)c(F)c1. The van der Waals surface area contributed by atoms with Crippen molar-refractivity contribution in [1.82, 2.24) is 15.0 Å². The minimum atomic E-state index is -0.670. The van der Waals surface area contributed by atoms with Gasteiger partial charge >= 0.3 is 0 Å². The van der Waals surface area contributed by atoms with Crippen LogP contribution < -0.4 is 4.90 Å². The molecule has 188 valence electrons. The van der Waals surface area contributed by atoms with E-state index in [2.05, 4.69) is 28.9 Å². The number of carbonyl (C=O) groups is 1. The Bertz CT molecular complexity index is 1310. The molecule has 0 aliphatic carbocycles. The largest absolute Gasteiger partial charge is 0.505 e. The van der Waals surface area contributed by atoms with Gasteiger partial charge in [-0.1, -0.05) is 51.3 Å². The number of anilines is 2. The minimum absolute atomic E-state index is 0.0482. The molecule has 1 unspecified atom stereocenters. The smallest absolute Gasteiger partial charge is 0.163 e. The van der Waals surface area contributed by atoms with Gasteiger partial charge in [-0.25, -0.2) is 4.39 Å². The van der Waals surface area contributed by atoms with Gasteiger partial charge in [0.25, 0.3) is 0 Å². The van der Waals surface area contributed by atoms with Crippen LogP contribution in [0.25, 0.3) is 16.7 Å². The number of aromatic hydroxyl groups is 1. The molecule has 0 aliphatic rings. The molecule has 0 saturated heterocycles. The highest BCUT2D eigenvalue weighted by atomic mass is 19.1. The number of fused-ring (bicyclic) bond motifs is 1. The number of halogens is 1. The van der Waals surface area contributed by atoms with Crippen LogP contribution in [-0.2, 0) is 11.2 Å². The van der Waals surface area contributed by atoms with E-state index in [0.29, 0.717) is 16.6 Å². The zero-order valence-corrected chi connectivity index (χ0v) is 21.1. The van der Waals surface area contributed by atoms with Gasteiger partial charge in [-0.05, 0) is 61.4 Å². The summed E-state index contributed by atoms with van der Waals surface area (Å²) in [5.74, 6) is -1.01. The summed E-state index contributed by atoms with van der Waals surface area (Å²) in [6.45, 7) is 6.87. The van der Waals surface area contributed by atoms with Gasteiger partial charge in [-0.3, -0.25) is 4.79 Å². The fourth-order valence-corrected chi connectivity index (χ4v) is 4.47. The van der Waals surface area contributed by atoms with Gasteiger partial charge in [0.15, 0.2) is 11.5 Å². The highest BCUT2D eigenvalue weighted by Gasteiger charge is 2.19. The van der Waals surface area contributed by atoms with Gasteiger partial charge in [0, 0.05) is 30.3 Å². The maximum atomic E-state index is 15.1. The summed E-state index contributed by atoms with van der Waals surface area (Å²) in [5, 5.41) is 19.5. The number of hydrogen-bond donors (Lipinski definition) is 1. The highest BCUT2D eigenvalue weighted by molar-refractivity contribution is 5.83. The highest BCUT2D eigenvalue weighted by Crippen LogP contribution is 2.30. The number of unbranched alkanes of at least 4 members (excludes halogenated alkanes) is 2. The number of phenolic OH excluding ortho intramolecular Hbond substituents is 1. The van der Waals surface area contributed by atoms with Crippen molar-refractivity contribution in [3.05, 3.63) is 72.0 Å². The number of carbonyl (C=O) groups excluding carboxylic acids is 1. The number of benzene rings is 3. The van der Waals surface area contributed by atoms with E-state index >= 15 is 4.39 Å². The van der Waals surface area contributed by atoms with Gasteiger partial charge < -0.3 is 10.0 Å². The number of para-hydroxylation sites is 1. The molecule has 0 bridgehead atoms. The molecule has 7 heteroatoms. The van der Waals surface area contributed by atoms with Crippen LogP contribution in [0, 0.1) is 11.7 Å². The van der Waals surface area contributed by atoms with E-state index in [0.717, 1.165) is 48.4 Å². The zero-order chi connectivity index (χ0) is 25.7. The van der Waals surface area contributed by atoms with Gasteiger partial charge in [0.1, 0.15) is 22.6 Å². The second-order valence-electron chi connectivity index (χ2n) is 9.23. The van der Waals surface area contributed by atoms with Crippen molar-refractivity contribution < 1.29 is 14.3 Å². The van der Waals surface area contributed by atoms with Gasteiger partial charge in [-0.2, -0.15) is 0 Å². The van der Waals surface area contributed by atoms with Crippen molar-refractivity contribution in [2.75, 3.05) is 11.4 Å². The molecule has 0 amide bonds. The van der Waals surface area contributed by atoms with Gasteiger partial charge in [-0.15, -0.1) is 15.0 Å². The molecular weight excluding hydrogens is 455 g/mol. The van der Waals surface area contributed by atoms with Crippen molar-refractivity contribution in [1.29, 1.82) is 0 Å². The lowest BCUT2D eigenvalue weighted by atomic mass is 9.94. The van der Waals surface area contributed by atoms with Gasteiger partial charge in [0.05, 0.1) is 0 Å². The third-order valence-electron chi connectivity index (χ3n) is 6.53. The molecule has 1 N–H and O–H groups in total. The van der Waals surface area contributed by atoms with Crippen LogP contribution in [0.1, 0.15) is 52.0 Å². The number of rotatable bonds is 11. The molecule has 0 spiro atoms. The lowest BCUT2D eigenvalue weighted by Crippen LogP contribution is -2.15. The Hall–Kier alpha value is -3.74. The average Bonchev–Trinajstić information content (AvgIpc) is 3.27. The fraction of sp³-hybridized carbons (Fsp3) is 0.345. The predicted octanol–water partition coefficient (Wildman–Crippen LogP) is 6.75. The molecule has 1 atom stereocenters. The second-order valence-corrected chi connectivity index (χ2v) is 9.23. The molecule has 1 heterocycles. The zero-order valence-electron chi connectivity index (χ0n) is 21.1. The first-order valence-electron chi connectivity index (χ1n) is 12.6. The second kappa shape index (κ2) is 11.3. The Labute approximate surface area is 211 Å². The van der Waals surface area contributed by atoms with E-state index in [4.69, 9.17) is 0 Å². The molecule has 0 radical (unpaired) electrons. The maximum absolute atomic E-state index is 15.1. The Morgan fingerprint density at radius 2 is 1.75 bits per heavy atom. The number of nitrogens with zero attached hydrogens (tertiary/aromatic N) is 4. The predicted molar refractivity (Wildman–Crippen MR) is 142 cm³/mol. The lowest BCUT2D eigenvalue weighted by Gasteiger charge is -2.23. The van der Waals surface area contributed by atoms with Crippen molar-refractivity contribution in [3.63, 3.8) is 0 Å². The summed E-state index contributed by atoms with van der Waals surface area (Å²) in [5.41, 5.74) is 3.48. The first-order chi connectivity index (χ1) is 17.4. The maximum Gasteiger partial charge on any atom is 0.163 e. The number of Topliss-reactive ketones (excluding diaryl/α,β-unsaturated/α-hetero) is 1. The minimum Gasteiger partial charge on any atom is -0.505 e. The first-order valence-corrected chi connectivity index (χ1v) is 12.6. The van der Waals surface area contributed by atoms with Crippen molar-refractivity contribution >= 4 is 28.2 Å².